The average molecular weight is 375 g/mol. The van der Waals surface area contributed by atoms with Gasteiger partial charge in [-0.05, 0) is 41.9 Å². The summed E-state index contributed by atoms with van der Waals surface area (Å²) in [5, 5.41) is 28.8. The number of hydrogen-bond donors (Lipinski definition) is 3. The number of aromatic hydroxyl groups is 3. The highest BCUT2D eigenvalue weighted by molar-refractivity contribution is 5.50. The third-order valence-corrected chi connectivity index (χ3v) is 5.10. The van der Waals surface area contributed by atoms with Gasteiger partial charge >= 0.3 is 0 Å². The Morgan fingerprint density at radius 2 is 1.11 bits per heavy atom. The standard InChI is InChI=1S/C16H26O2.C6H6O.CH2O/c1-7-15(3,4)11-9-12(16(5,6)8-2)14(18)10-13(11)17;7-6-4-2-1-3-5-6;1-2/h9-10,17-18H,7-8H2,1-6H3;1-5,7H;1H2. The first-order chi connectivity index (χ1) is 12.5. The predicted molar refractivity (Wildman–Crippen MR) is 112 cm³/mol. The molecule has 0 unspecified atom stereocenters. The lowest BCUT2D eigenvalue weighted by molar-refractivity contribution is -0.0980. The Bertz CT molecular complexity index is 654. The van der Waals surface area contributed by atoms with Crippen molar-refractivity contribution in [1.29, 1.82) is 0 Å². The SMILES string of the molecule is C=O.CCC(C)(C)c1cc(C(C)(C)CC)c(O)cc1O.Oc1ccccc1. The molecular formula is C23H34O4. The molecule has 0 aliphatic rings. The van der Waals surface area contributed by atoms with E-state index in [4.69, 9.17) is 9.90 Å². The molecular weight excluding hydrogens is 340 g/mol. The molecule has 0 radical (unpaired) electrons. The van der Waals surface area contributed by atoms with Gasteiger partial charge < -0.3 is 20.1 Å². The van der Waals surface area contributed by atoms with Crippen LogP contribution in [-0.4, -0.2) is 22.1 Å². The first-order valence-electron chi connectivity index (χ1n) is 9.15. The normalized spacial score (nSPS) is 10.9. The van der Waals surface area contributed by atoms with E-state index in [0.717, 1.165) is 24.0 Å². The number of phenolic OH excluding ortho intramolecular Hbond substituents is 3. The largest absolute Gasteiger partial charge is 0.508 e. The van der Waals surface area contributed by atoms with E-state index >= 15 is 0 Å². The summed E-state index contributed by atoms with van der Waals surface area (Å²) < 4.78 is 0. The van der Waals surface area contributed by atoms with Crippen molar-refractivity contribution in [1.82, 2.24) is 0 Å². The van der Waals surface area contributed by atoms with Crippen molar-refractivity contribution in [2.45, 2.75) is 65.2 Å². The van der Waals surface area contributed by atoms with Gasteiger partial charge in [-0.15, -0.1) is 0 Å². The molecule has 0 heterocycles. The molecule has 0 fully saturated rings. The van der Waals surface area contributed by atoms with Crippen LogP contribution in [0.5, 0.6) is 17.2 Å². The summed E-state index contributed by atoms with van der Waals surface area (Å²) in [5.41, 5.74) is 1.66. The number of benzene rings is 2. The molecule has 0 aliphatic carbocycles. The lowest BCUT2D eigenvalue weighted by Gasteiger charge is -2.30. The highest BCUT2D eigenvalue weighted by Crippen LogP contribution is 2.42. The summed E-state index contributed by atoms with van der Waals surface area (Å²) >= 11 is 0. The molecule has 150 valence electrons. The van der Waals surface area contributed by atoms with Crippen molar-refractivity contribution in [3.63, 3.8) is 0 Å². The van der Waals surface area contributed by atoms with Gasteiger partial charge in [0.2, 0.25) is 0 Å². The molecule has 0 aromatic heterocycles. The smallest absolute Gasteiger partial charge is 0.123 e. The number of carbonyl (C=O) groups excluding carboxylic acids is 1. The fourth-order valence-electron chi connectivity index (χ4n) is 2.47. The molecule has 0 aliphatic heterocycles. The van der Waals surface area contributed by atoms with Crippen LogP contribution in [0.15, 0.2) is 42.5 Å². The van der Waals surface area contributed by atoms with Crippen molar-refractivity contribution in [2.75, 3.05) is 0 Å². The lowest BCUT2D eigenvalue weighted by atomic mass is 9.76. The highest BCUT2D eigenvalue weighted by atomic mass is 16.3. The Hall–Kier alpha value is -2.49. The average Bonchev–Trinajstić information content (AvgIpc) is 2.64. The van der Waals surface area contributed by atoms with Crippen LogP contribution in [0.1, 0.15) is 65.5 Å². The molecule has 3 N–H and O–H groups in total. The van der Waals surface area contributed by atoms with Crippen LogP contribution < -0.4 is 0 Å². The summed E-state index contributed by atoms with van der Waals surface area (Å²) in [4.78, 5) is 8.00. The van der Waals surface area contributed by atoms with Crippen LogP contribution in [0.2, 0.25) is 0 Å². The maximum absolute atomic E-state index is 10.1. The Labute approximate surface area is 163 Å². The Balaban J connectivity index is 0.000000621. The minimum Gasteiger partial charge on any atom is -0.508 e. The molecule has 0 bridgehead atoms. The van der Waals surface area contributed by atoms with Gasteiger partial charge in [-0.25, -0.2) is 0 Å². The van der Waals surface area contributed by atoms with Gasteiger partial charge in [0.15, 0.2) is 0 Å². The van der Waals surface area contributed by atoms with Gasteiger partial charge in [0, 0.05) is 17.2 Å². The summed E-state index contributed by atoms with van der Waals surface area (Å²) in [6.07, 6.45) is 1.88. The molecule has 2 rings (SSSR count). The van der Waals surface area contributed by atoms with Crippen LogP contribution >= 0.6 is 0 Å². The quantitative estimate of drug-likeness (QED) is 0.643. The van der Waals surface area contributed by atoms with E-state index in [-0.39, 0.29) is 22.3 Å². The molecule has 4 heteroatoms. The maximum atomic E-state index is 10.1. The number of para-hydroxylation sites is 1. The minimum atomic E-state index is -0.0869. The molecule has 0 spiro atoms. The number of hydrogen-bond acceptors (Lipinski definition) is 4. The summed E-state index contributed by atoms with van der Waals surface area (Å²) in [6.45, 7) is 14.7. The molecule has 2 aromatic rings. The van der Waals surface area contributed by atoms with E-state index in [1.165, 1.54) is 6.07 Å². The maximum Gasteiger partial charge on any atom is 0.123 e. The summed E-state index contributed by atoms with van der Waals surface area (Å²) in [6, 6.07) is 12.2. The van der Waals surface area contributed by atoms with E-state index in [0.29, 0.717) is 5.75 Å². The van der Waals surface area contributed by atoms with Crippen molar-refractivity contribution in [2.24, 2.45) is 0 Å². The molecule has 4 nitrogen and oxygen atoms in total. The first-order valence-corrected chi connectivity index (χ1v) is 9.15. The topological polar surface area (TPSA) is 77.8 Å². The zero-order chi connectivity index (χ0) is 21.3. The first kappa shape index (κ1) is 24.5. The fourth-order valence-corrected chi connectivity index (χ4v) is 2.47. The molecule has 2 aromatic carbocycles. The van der Waals surface area contributed by atoms with E-state index in [2.05, 4.69) is 41.5 Å². The molecule has 0 atom stereocenters. The zero-order valence-corrected chi connectivity index (χ0v) is 17.4. The molecule has 0 saturated carbocycles. The number of rotatable bonds is 4. The molecule has 0 amide bonds. The molecule has 27 heavy (non-hydrogen) atoms. The van der Waals surface area contributed by atoms with Crippen molar-refractivity contribution < 1.29 is 20.1 Å². The van der Waals surface area contributed by atoms with E-state index in [9.17, 15) is 10.2 Å². The highest BCUT2D eigenvalue weighted by Gasteiger charge is 2.28. The van der Waals surface area contributed by atoms with E-state index < -0.39 is 0 Å². The van der Waals surface area contributed by atoms with Gasteiger partial charge in [-0.2, -0.15) is 0 Å². The fraction of sp³-hybridized carbons (Fsp3) is 0.435. The van der Waals surface area contributed by atoms with Crippen LogP contribution in [0.3, 0.4) is 0 Å². The summed E-state index contributed by atoms with van der Waals surface area (Å²) in [5.74, 6) is 0.701. The van der Waals surface area contributed by atoms with Gasteiger partial charge in [0.25, 0.3) is 0 Å². The van der Waals surface area contributed by atoms with Gasteiger partial charge in [-0.3, -0.25) is 0 Å². The Kier molecular flexibility index (Phi) is 9.63. The molecule has 0 saturated heterocycles. The number of carbonyl (C=O) groups is 1. The van der Waals surface area contributed by atoms with Gasteiger partial charge in [0.1, 0.15) is 24.0 Å². The van der Waals surface area contributed by atoms with Crippen molar-refractivity contribution in [3.05, 3.63) is 53.6 Å². The minimum absolute atomic E-state index is 0.0869. The number of phenols is 3. The van der Waals surface area contributed by atoms with Crippen LogP contribution in [0, 0.1) is 0 Å². The Morgan fingerprint density at radius 3 is 1.37 bits per heavy atom. The van der Waals surface area contributed by atoms with E-state index in [1.54, 1.807) is 24.3 Å². The van der Waals surface area contributed by atoms with Gasteiger partial charge in [-0.1, -0.05) is 59.7 Å². The Morgan fingerprint density at radius 1 is 0.741 bits per heavy atom. The van der Waals surface area contributed by atoms with Crippen LogP contribution in [0.4, 0.5) is 0 Å². The third-order valence-electron chi connectivity index (χ3n) is 5.10. The van der Waals surface area contributed by atoms with Gasteiger partial charge in [0.05, 0.1) is 0 Å². The summed E-state index contributed by atoms with van der Waals surface area (Å²) in [7, 11) is 0. The lowest BCUT2D eigenvalue weighted by Crippen LogP contribution is -2.20. The van der Waals surface area contributed by atoms with Crippen LogP contribution in [0.25, 0.3) is 0 Å². The predicted octanol–water partition coefficient (Wildman–Crippen LogP) is 5.68. The van der Waals surface area contributed by atoms with E-state index in [1.807, 2.05) is 18.9 Å². The van der Waals surface area contributed by atoms with Crippen LogP contribution in [-0.2, 0) is 15.6 Å². The van der Waals surface area contributed by atoms with Crippen molar-refractivity contribution >= 4 is 6.79 Å². The zero-order valence-electron chi connectivity index (χ0n) is 17.4. The monoisotopic (exact) mass is 374 g/mol. The second kappa shape index (κ2) is 10.6. The second-order valence-electron chi connectivity index (χ2n) is 7.70. The van der Waals surface area contributed by atoms with Crippen molar-refractivity contribution in [3.8, 4) is 17.2 Å². The second-order valence-corrected chi connectivity index (χ2v) is 7.70. The third kappa shape index (κ3) is 6.97.